The predicted octanol–water partition coefficient (Wildman–Crippen LogP) is 6.63. The van der Waals surface area contributed by atoms with Crippen LogP contribution in [0.25, 0.3) is 5.69 Å². The molecule has 5 nitrogen and oxygen atoms in total. The van der Waals surface area contributed by atoms with E-state index in [9.17, 15) is 0 Å². The molecule has 0 bridgehead atoms. The molecule has 0 aliphatic carbocycles. The van der Waals surface area contributed by atoms with Crippen LogP contribution in [-0.4, -0.2) is 45.7 Å². The molecule has 0 saturated heterocycles. The topological polar surface area (TPSA) is 37.2 Å². The average Bonchev–Trinajstić information content (AvgIpc) is 3.29. The zero-order chi connectivity index (χ0) is 25.7. The van der Waals surface area contributed by atoms with E-state index in [2.05, 4.69) is 114 Å². The van der Waals surface area contributed by atoms with Crippen molar-refractivity contribution in [1.82, 2.24) is 24.6 Å². The van der Waals surface area contributed by atoms with Gasteiger partial charge in [0, 0.05) is 42.8 Å². The first kappa shape index (κ1) is 27.1. The molecule has 5 heteroatoms. The van der Waals surface area contributed by atoms with Crippen LogP contribution in [0.3, 0.4) is 0 Å². The van der Waals surface area contributed by atoms with Crippen molar-refractivity contribution in [2.75, 3.05) is 21.1 Å². The van der Waals surface area contributed by atoms with E-state index < -0.39 is 0 Å². The van der Waals surface area contributed by atoms with E-state index in [-0.39, 0.29) is 6.04 Å². The number of hydrogen-bond donors (Lipinski definition) is 0. The SMILES string of the molecule is CC(C)[C@@H](C)[C@H](c1cncc(CN(C)[C@@H](c2cnn(-c3ccccc3)c2)[C@H](C)C(C)C)c1)N(C)C. The fourth-order valence-electron chi connectivity index (χ4n) is 5.11. The fourth-order valence-corrected chi connectivity index (χ4v) is 5.11. The molecule has 190 valence electrons. The highest BCUT2D eigenvalue weighted by Gasteiger charge is 2.28. The van der Waals surface area contributed by atoms with Crippen molar-refractivity contribution < 1.29 is 0 Å². The van der Waals surface area contributed by atoms with Crippen LogP contribution in [0.15, 0.2) is 61.2 Å². The maximum atomic E-state index is 4.70. The lowest BCUT2D eigenvalue weighted by Crippen LogP contribution is -2.32. The second-order valence-electron chi connectivity index (χ2n) is 11.2. The Labute approximate surface area is 213 Å². The zero-order valence-corrected chi connectivity index (χ0v) is 23.2. The van der Waals surface area contributed by atoms with Gasteiger partial charge in [-0.25, -0.2) is 4.68 Å². The molecule has 2 heterocycles. The molecule has 0 saturated carbocycles. The van der Waals surface area contributed by atoms with Gasteiger partial charge in [-0.05, 0) is 74.1 Å². The van der Waals surface area contributed by atoms with E-state index in [1.807, 2.05) is 29.3 Å². The van der Waals surface area contributed by atoms with Crippen molar-refractivity contribution in [1.29, 1.82) is 0 Å². The van der Waals surface area contributed by atoms with Gasteiger partial charge in [0.15, 0.2) is 0 Å². The molecule has 0 unspecified atom stereocenters. The molecular formula is C30H45N5. The van der Waals surface area contributed by atoms with Crippen LogP contribution in [-0.2, 0) is 6.54 Å². The van der Waals surface area contributed by atoms with Gasteiger partial charge in [-0.3, -0.25) is 9.88 Å². The molecule has 1 aromatic carbocycles. The molecule has 0 aliphatic heterocycles. The Morgan fingerprint density at radius 3 is 2.00 bits per heavy atom. The Kier molecular flexibility index (Phi) is 9.26. The van der Waals surface area contributed by atoms with Gasteiger partial charge in [0.2, 0.25) is 0 Å². The molecular weight excluding hydrogens is 430 g/mol. The summed E-state index contributed by atoms with van der Waals surface area (Å²) in [6.45, 7) is 14.8. The molecule has 0 radical (unpaired) electrons. The Balaban J connectivity index is 1.88. The summed E-state index contributed by atoms with van der Waals surface area (Å²) in [5.41, 5.74) is 4.89. The number of hydrogen-bond acceptors (Lipinski definition) is 4. The van der Waals surface area contributed by atoms with Crippen LogP contribution in [0.2, 0.25) is 0 Å². The Hall–Kier alpha value is -2.50. The average molecular weight is 476 g/mol. The van der Waals surface area contributed by atoms with Gasteiger partial charge >= 0.3 is 0 Å². The van der Waals surface area contributed by atoms with Crippen LogP contribution < -0.4 is 0 Å². The lowest BCUT2D eigenvalue weighted by atomic mass is 9.85. The second kappa shape index (κ2) is 12.0. The molecule has 0 spiro atoms. The molecule has 2 aromatic heterocycles. The van der Waals surface area contributed by atoms with Gasteiger partial charge in [-0.2, -0.15) is 5.10 Å². The normalized spacial score (nSPS) is 15.7. The molecule has 3 rings (SSSR count). The van der Waals surface area contributed by atoms with Crippen LogP contribution in [0.4, 0.5) is 0 Å². The van der Waals surface area contributed by atoms with E-state index >= 15 is 0 Å². The van der Waals surface area contributed by atoms with Crippen LogP contribution in [0.5, 0.6) is 0 Å². The van der Waals surface area contributed by atoms with Crippen molar-refractivity contribution in [3.63, 3.8) is 0 Å². The molecule has 35 heavy (non-hydrogen) atoms. The predicted molar refractivity (Wildman–Crippen MR) is 146 cm³/mol. The molecule has 3 aromatic rings. The summed E-state index contributed by atoms with van der Waals surface area (Å²) in [6, 6.07) is 13.3. The minimum atomic E-state index is 0.260. The van der Waals surface area contributed by atoms with E-state index in [1.54, 1.807) is 0 Å². The van der Waals surface area contributed by atoms with Crippen molar-refractivity contribution in [3.8, 4) is 5.69 Å². The molecule has 0 N–H and O–H groups in total. The number of rotatable bonds is 11. The number of pyridine rings is 1. The third-order valence-corrected chi connectivity index (χ3v) is 7.68. The lowest BCUT2D eigenvalue weighted by Gasteiger charge is -2.35. The summed E-state index contributed by atoms with van der Waals surface area (Å²) in [4.78, 5) is 9.47. The Morgan fingerprint density at radius 1 is 0.771 bits per heavy atom. The van der Waals surface area contributed by atoms with Crippen LogP contribution in [0.1, 0.15) is 70.3 Å². The summed E-state index contributed by atoms with van der Waals surface area (Å²) >= 11 is 0. The highest BCUT2D eigenvalue weighted by molar-refractivity contribution is 5.31. The molecule has 0 amide bonds. The molecule has 4 atom stereocenters. The first-order valence-electron chi connectivity index (χ1n) is 13.0. The summed E-state index contributed by atoms with van der Waals surface area (Å²) in [7, 11) is 6.58. The smallest absolute Gasteiger partial charge is 0.0645 e. The highest BCUT2D eigenvalue weighted by Crippen LogP contribution is 2.35. The summed E-state index contributed by atoms with van der Waals surface area (Å²) < 4.78 is 1.99. The number of nitrogens with zero attached hydrogens (tertiary/aromatic N) is 5. The standard InChI is InChI=1S/C30H45N5/c1-21(2)23(5)29(33(7)8)26-15-25(16-31-17-26)19-34(9)30(24(6)22(3)4)27-18-32-35(20-27)28-13-11-10-12-14-28/h10-18,20-24,29-30H,19H2,1-9H3/t23-,24-,29-,30-/m1/s1. The fraction of sp³-hybridized carbons (Fsp3) is 0.533. The first-order valence-corrected chi connectivity index (χ1v) is 13.0. The number of aromatic nitrogens is 3. The highest BCUT2D eigenvalue weighted by atomic mass is 15.3. The van der Waals surface area contributed by atoms with E-state index in [4.69, 9.17) is 5.10 Å². The minimum absolute atomic E-state index is 0.260. The second-order valence-corrected chi connectivity index (χ2v) is 11.2. The van der Waals surface area contributed by atoms with Crippen molar-refractivity contribution in [2.45, 2.75) is 60.2 Å². The summed E-state index contributed by atoms with van der Waals surface area (Å²) in [5, 5.41) is 4.70. The van der Waals surface area contributed by atoms with Gasteiger partial charge < -0.3 is 4.90 Å². The van der Waals surface area contributed by atoms with E-state index in [1.165, 1.54) is 16.7 Å². The maximum absolute atomic E-state index is 4.70. The van der Waals surface area contributed by atoms with Gasteiger partial charge in [0.25, 0.3) is 0 Å². The van der Waals surface area contributed by atoms with E-state index in [0.29, 0.717) is 29.7 Å². The quantitative estimate of drug-likeness (QED) is 0.312. The van der Waals surface area contributed by atoms with Gasteiger partial charge in [0.05, 0.1) is 11.9 Å². The van der Waals surface area contributed by atoms with Gasteiger partial charge in [-0.15, -0.1) is 0 Å². The van der Waals surface area contributed by atoms with Crippen molar-refractivity contribution in [3.05, 3.63) is 77.9 Å². The zero-order valence-electron chi connectivity index (χ0n) is 23.2. The van der Waals surface area contributed by atoms with Gasteiger partial charge in [0.1, 0.15) is 0 Å². The molecule has 0 fully saturated rings. The van der Waals surface area contributed by atoms with Crippen molar-refractivity contribution >= 4 is 0 Å². The summed E-state index contributed by atoms with van der Waals surface area (Å²) in [5.74, 6) is 2.17. The lowest BCUT2D eigenvalue weighted by molar-refractivity contribution is 0.147. The minimum Gasteiger partial charge on any atom is -0.302 e. The third-order valence-electron chi connectivity index (χ3n) is 7.68. The third kappa shape index (κ3) is 6.59. The van der Waals surface area contributed by atoms with E-state index in [0.717, 1.165) is 12.2 Å². The van der Waals surface area contributed by atoms with Crippen LogP contribution >= 0.6 is 0 Å². The Bertz CT molecular complexity index is 1040. The van der Waals surface area contributed by atoms with Gasteiger partial charge in [-0.1, -0.05) is 59.7 Å². The monoisotopic (exact) mass is 475 g/mol. The first-order chi connectivity index (χ1) is 16.6. The van der Waals surface area contributed by atoms with Crippen molar-refractivity contribution in [2.24, 2.45) is 23.7 Å². The largest absolute Gasteiger partial charge is 0.302 e. The van der Waals surface area contributed by atoms with Crippen LogP contribution in [0, 0.1) is 23.7 Å². The molecule has 0 aliphatic rings. The summed E-state index contributed by atoms with van der Waals surface area (Å²) in [6.07, 6.45) is 8.30. The Morgan fingerprint density at radius 2 is 1.40 bits per heavy atom. The number of benzene rings is 1. The maximum Gasteiger partial charge on any atom is 0.0645 e. The number of para-hydroxylation sites is 1.